The normalized spacial score (nSPS) is 16.1. The number of Topliss-reactive ketones (excluding diaryl/α,β-unsaturated/α-hetero) is 1. The predicted molar refractivity (Wildman–Crippen MR) is 89.6 cm³/mol. The van der Waals surface area contributed by atoms with Crippen molar-refractivity contribution < 1.29 is 14.4 Å². The zero-order valence-electron chi connectivity index (χ0n) is 14.0. The maximum Gasteiger partial charge on any atom is 0.254 e. The zero-order chi connectivity index (χ0) is 16.9. The molecule has 0 unspecified atom stereocenters. The summed E-state index contributed by atoms with van der Waals surface area (Å²) in [6, 6.07) is 6.84. The molecule has 0 N–H and O–H groups in total. The van der Waals surface area contributed by atoms with Gasteiger partial charge in [0.1, 0.15) is 5.78 Å². The second-order valence-electron chi connectivity index (χ2n) is 6.58. The Morgan fingerprint density at radius 3 is 2.48 bits per heavy atom. The maximum atomic E-state index is 12.5. The fraction of sp³-hybridized carbons (Fsp3) is 0.526. The molecule has 1 aromatic rings. The first-order valence-corrected chi connectivity index (χ1v) is 8.31. The number of rotatable bonds is 7. The molecule has 0 aliphatic heterocycles. The number of nitrogens with zero attached hydrogens (tertiary/aromatic N) is 1. The average Bonchev–Trinajstić information content (AvgIpc) is 3.04. The van der Waals surface area contributed by atoms with Gasteiger partial charge in [0.05, 0.1) is 5.56 Å². The first-order valence-electron chi connectivity index (χ1n) is 8.31. The van der Waals surface area contributed by atoms with Crippen LogP contribution in [0.5, 0.6) is 0 Å². The molecule has 1 fully saturated rings. The van der Waals surface area contributed by atoms with Crippen molar-refractivity contribution in [1.29, 1.82) is 0 Å². The van der Waals surface area contributed by atoms with E-state index < -0.39 is 0 Å². The number of carbonyl (C=O) groups excluding carboxylic acids is 3. The highest BCUT2D eigenvalue weighted by Gasteiger charge is 2.37. The third-order valence-electron chi connectivity index (χ3n) is 5.12. The van der Waals surface area contributed by atoms with Crippen molar-refractivity contribution in [3.05, 3.63) is 35.4 Å². The molecule has 1 aliphatic rings. The predicted octanol–water partition coefficient (Wildman–Crippen LogP) is 3.50. The van der Waals surface area contributed by atoms with Gasteiger partial charge < -0.3 is 4.90 Å². The highest BCUT2D eigenvalue weighted by atomic mass is 16.2. The standard InChI is InChI=1S/C19H25NO3/c1-15(22)19(10-5-6-11-19)12-7-13-20(2)18(23)17-9-4-3-8-16(17)14-21/h3-4,8-9,14H,5-7,10-13H2,1-2H3. The van der Waals surface area contributed by atoms with Crippen LogP contribution >= 0.6 is 0 Å². The van der Waals surface area contributed by atoms with Crippen LogP contribution in [0, 0.1) is 5.41 Å². The number of amides is 1. The lowest BCUT2D eigenvalue weighted by atomic mass is 9.78. The van der Waals surface area contributed by atoms with Gasteiger partial charge in [-0.1, -0.05) is 31.0 Å². The number of benzene rings is 1. The molecule has 0 bridgehead atoms. The zero-order valence-corrected chi connectivity index (χ0v) is 14.0. The summed E-state index contributed by atoms with van der Waals surface area (Å²) in [4.78, 5) is 37.1. The van der Waals surface area contributed by atoms with Crippen molar-refractivity contribution in [2.75, 3.05) is 13.6 Å². The molecule has 124 valence electrons. The molecule has 0 aromatic heterocycles. The molecular formula is C19H25NO3. The van der Waals surface area contributed by atoms with E-state index in [0.717, 1.165) is 38.5 Å². The van der Waals surface area contributed by atoms with E-state index in [0.29, 0.717) is 24.0 Å². The third kappa shape index (κ3) is 3.87. The minimum atomic E-state index is -0.162. The Kier molecular flexibility index (Phi) is 5.69. The van der Waals surface area contributed by atoms with Crippen molar-refractivity contribution in [2.24, 2.45) is 5.41 Å². The Morgan fingerprint density at radius 2 is 1.87 bits per heavy atom. The Balaban J connectivity index is 1.94. The van der Waals surface area contributed by atoms with Crippen LogP contribution in [-0.4, -0.2) is 36.5 Å². The van der Waals surface area contributed by atoms with Crippen LogP contribution < -0.4 is 0 Å². The lowest BCUT2D eigenvalue weighted by Gasteiger charge is -2.27. The second kappa shape index (κ2) is 7.53. The van der Waals surface area contributed by atoms with E-state index in [1.54, 1.807) is 43.1 Å². The summed E-state index contributed by atoms with van der Waals surface area (Å²) in [5.41, 5.74) is 0.692. The topological polar surface area (TPSA) is 54.5 Å². The highest BCUT2D eigenvalue weighted by Crippen LogP contribution is 2.42. The Hall–Kier alpha value is -1.97. The largest absolute Gasteiger partial charge is 0.342 e. The summed E-state index contributed by atoms with van der Waals surface area (Å²) in [6.45, 7) is 2.29. The van der Waals surface area contributed by atoms with Crippen molar-refractivity contribution in [1.82, 2.24) is 4.90 Å². The van der Waals surface area contributed by atoms with Crippen LogP contribution in [0.4, 0.5) is 0 Å². The number of ketones is 1. The van der Waals surface area contributed by atoms with Gasteiger partial charge in [-0.2, -0.15) is 0 Å². The lowest BCUT2D eigenvalue weighted by molar-refractivity contribution is -0.126. The van der Waals surface area contributed by atoms with E-state index >= 15 is 0 Å². The number of aldehydes is 1. The average molecular weight is 315 g/mol. The van der Waals surface area contributed by atoms with Crippen molar-refractivity contribution in [2.45, 2.75) is 45.4 Å². The Bertz CT molecular complexity index is 588. The molecule has 1 saturated carbocycles. The van der Waals surface area contributed by atoms with E-state index in [4.69, 9.17) is 0 Å². The van der Waals surface area contributed by atoms with Gasteiger partial charge in [-0.05, 0) is 38.7 Å². The minimum absolute atomic E-state index is 0.143. The molecule has 0 saturated heterocycles. The molecule has 4 nitrogen and oxygen atoms in total. The SMILES string of the molecule is CC(=O)C1(CCCN(C)C(=O)c2ccccc2C=O)CCCC1. The molecule has 23 heavy (non-hydrogen) atoms. The van der Waals surface area contributed by atoms with Crippen LogP contribution in [0.15, 0.2) is 24.3 Å². The molecule has 0 spiro atoms. The fourth-order valence-corrected chi connectivity index (χ4v) is 3.59. The summed E-state index contributed by atoms with van der Waals surface area (Å²) in [6.07, 6.45) is 6.58. The van der Waals surface area contributed by atoms with Crippen LogP contribution in [0.25, 0.3) is 0 Å². The van der Waals surface area contributed by atoms with Crippen LogP contribution in [0.1, 0.15) is 66.2 Å². The molecule has 0 heterocycles. The van der Waals surface area contributed by atoms with E-state index in [1.807, 2.05) is 0 Å². The van der Waals surface area contributed by atoms with Gasteiger partial charge >= 0.3 is 0 Å². The summed E-state index contributed by atoms with van der Waals surface area (Å²) in [5.74, 6) is 0.145. The van der Waals surface area contributed by atoms with Gasteiger partial charge in [0, 0.05) is 24.6 Å². The summed E-state index contributed by atoms with van der Waals surface area (Å²) in [7, 11) is 1.75. The fourth-order valence-electron chi connectivity index (χ4n) is 3.59. The summed E-state index contributed by atoms with van der Waals surface area (Å²) >= 11 is 0. The van der Waals surface area contributed by atoms with Gasteiger partial charge in [-0.25, -0.2) is 0 Å². The molecule has 4 heteroatoms. The van der Waals surface area contributed by atoms with E-state index in [-0.39, 0.29) is 17.1 Å². The van der Waals surface area contributed by atoms with E-state index in [2.05, 4.69) is 0 Å². The van der Waals surface area contributed by atoms with Gasteiger partial charge in [0.15, 0.2) is 6.29 Å². The van der Waals surface area contributed by atoms with Gasteiger partial charge in [-0.15, -0.1) is 0 Å². The highest BCUT2D eigenvalue weighted by molar-refractivity contribution is 6.01. The lowest BCUT2D eigenvalue weighted by Crippen LogP contribution is -2.31. The van der Waals surface area contributed by atoms with Crippen LogP contribution in [0.3, 0.4) is 0 Å². The monoisotopic (exact) mass is 315 g/mol. The Morgan fingerprint density at radius 1 is 1.22 bits per heavy atom. The van der Waals surface area contributed by atoms with E-state index in [1.165, 1.54) is 0 Å². The summed E-state index contributed by atoms with van der Waals surface area (Å²) in [5, 5.41) is 0. The number of hydrogen-bond donors (Lipinski definition) is 0. The van der Waals surface area contributed by atoms with Crippen molar-refractivity contribution >= 4 is 18.0 Å². The molecule has 1 aliphatic carbocycles. The van der Waals surface area contributed by atoms with Crippen molar-refractivity contribution in [3.8, 4) is 0 Å². The maximum absolute atomic E-state index is 12.5. The first-order chi connectivity index (χ1) is 11.0. The smallest absolute Gasteiger partial charge is 0.254 e. The van der Waals surface area contributed by atoms with Gasteiger partial charge in [-0.3, -0.25) is 14.4 Å². The molecule has 0 atom stereocenters. The second-order valence-corrected chi connectivity index (χ2v) is 6.58. The van der Waals surface area contributed by atoms with Gasteiger partial charge in [0.25, 0.3) is 5.91 Å². The summed E-state index contributed by atoms with van der Waals surface area (Å²) < 4.78 is 0. The number of carbonyl (C=O) groups is 3. The number of hydrogen-bond acceptors (Lipinski definition) is 3. The first kappa shape index (κ1) is 17.4. The van der Waals surface area contributed by atoms with Crippen LogP contribution in [-0.2, 0) is 4.79 Å². The molecular weight excluding hydrogens is 290 g/mol. The van der Waals surface area contributed by atoms with Gasteiger partial charge in [0.2, 0.25) is 0 Å². The molecule has 0 radical (unpaired) electrons. The molecule has 2 rings (SSSR count). The van der Waals surface area contributed by atoms with Crippen LogP contribution in [0.2, 0.25) is 0 Å². The quantitative estimate of drug-likeness (QED) is 0.724. The minimum Gasteiger partial charge on any atom is -0.342 e. The molecule has 1 aromatic carbocycles. The molecule has 1 amide bonds. The Labute approximate surface area is 137 Å². The third-order valence-corrected chi connectivity index (χ3v) is 5.12. The van der Waals surface area contributed by atoms with Crippen molar-refractivity contribution in [3.63, 3.8) is 0 Å². The van der Waals surface area contributed by atoms with E-state index in [9.17, 15) is 14.4 Å².